The molecule has 3 aliphatic carbocycles. The molecule has 0 heterocycles. The van der Waals surface area contributed by atoms with Gasteiger partial charge in [0.25, 0.3) is 0 Å². The van der Waals surface area contributed by atoms with Crippen molar-refractivity contribution in [2.45, 2.75) is 72.3 Å². The van der Waals surface area contributed by atoms with E-state index in [9.17, 15) is 9.90 Å². The summed E-state index contributed by atoms with van der Waals surface area (Å²) < 4.78 is 0. The van der Waals surface area contributed by atoms with Gasteiger partial charge in [0.1, 0.15) is 0 Å². The van der Waals surface area contributed by atoms with Crippen molar-refractivity contribution in [3.05, 3.63) is 23.8 Å². The van der Waals surface area contributed by atoms with Gasteiger partial charge in [-0.05, 0) is 48.0 Å². The molecule has 122 valence electrons. The molecule has 3 aliphatic rings. The van der Waals surface area contributed by atoms with Gasteiger partial charge >= 0.3 is 0 Å². The largest absolute Gasteiger partial charge is 0.392 e. The van der Waals surface area contributed by atoms with Crippen LogP contribution in [0.25, 0.3) is 0 Å². The fourth-order valence-electron chi connectivity index (χ4n) is 5.50. The van der Waals surface area contributed by atoms with Crippen LogP contribution in [0.2, 0.25) is 0 Å². The minimum absolute atomic E-state index is 0.0917. The average molecular weight is 302 g/mol. The van der Waals surface area contributed by atoms with Gasteiger partial charge < -0.3 is 5.11 Å². The highest BCUT2D eigenvalue weighted by Crippen LogP contribution is 2.62. The molecule has 0 amide bonds. The smallest absolute Gasteiger partial charge is 0.159 e. The summed E-state index contributed by atoms with van der Waals surface area (Å²) >= 11 is 0. The Balaban J connectivity index is 2.10. The molecular weight excluding hydrogens is 272 g/mol. The first kappa shape index (κ1) is 16.0. The van der Waals surface area contributed by atoms with Crippen molar-refractivity contribution in [1.82, 2.24) is 0 Å². The highest BCUT2D eigenvalue weighted by atomic mass is 16.3. The van der Waals surface area contributed by atoms with E-state index in [0.29, 0.717) is 31.0 Å². The highest BCUT2D eigenvalue weighted by Gasteiger charge is 2.55. The molecule has 1 fully saturated rings. The number of hydrogen-bond acceptors (Lipinski definition) is 2. The maximum atomic E-state index is 12.8. The summed E-state index contributed by atoms with van der Waals surface area (Å²) in [5.74, 6) is 0.743. The van der Waals surface area contributed by atoms with Gasteiger partial charge in [-0.15, -0.1) is 6.58 Å². The topological polar surface area (TPSA) is 37.3 Å². The average Bonchev–Trinajstić information content (AvgIpc) is 2.44. The van der Waals surface area contributed by atoms with E-state index in [1.54, 1.807) is 0 Å². The minimum atomic E-state index is -0.419. The van der Waals surface area contributed by atoms with E-state index in [2.05, 4.69) is 27.4 Å². The van der Waals surface area contributed by atoms with Crippen molar-refractivity contribution < 1.29 is 9.90 Å². The molecule has 0 unspecified atom stereocenters. The van der Waals surface area contributed by atoms with Crippen molar-refractivity contribution in [2.75, 3.05) is 0 Å². The number of Topliss-reactive ketones (excluding diaryl/α,β-unsaturated/α-hetero) is 1. The van der Waals surface area contributed by atoms with Crippen LogP contribution < -0.4 is 0 Å². The van der Waals surface area contributed by atoms with Gasteiger partial charge in [0.05, 0.1) is 6.10 Å². The SMILES string of the molecule is C=C[C@@]1(C)CC2=C(C[C@H]1O)[C@@]1(C)CCCC(C)(C)[C@@H]1CC2=O. The molecule has 22 heavy (non-hydrogen) atoms. The lowest BCUT2D eigenvalue weighted by Gasteiger charge is -2.57. The second kappa shape index (κ2) is 4.80. The Morgan fingerprint density at radius 3 is 2.50 bits per heavy atom. The van der Waals surface area contributed by atoms with Gasteiger partial charge in [0.15, 0.2) is 5.78 Å². The summed E-state index contributed by atoms with van der Waals surface area (Å²) in [5.41, 5.74) is 2.24. The Hall–Kier alpha value is -0.890. The molecule has 2 nitrogen and oxygen atoms in total. The molecule has 1 saturated carbocycles. The predicted octanol–water partition coefficient (Wildman–Crippen LogP) is 4.44. The number of aliphatic hydroxyl groups is 1. The fraction of sp³-hybridized carbons (Fsp3) is 0.750. The summed E-state index contributed by atoms with van der Waals surface area (Å²) in [6, 6.07) is 0. The second-order valence-corrected chi connectivity index (χ2v) is 9.00. The number of rotatable bonds is 1. The van der Waals surface area contributed by atoms with Gasteiger partial charge in [-0.25, -0.2) is 0 Å². The number of carbonyl (C=O) groups is 1. The quantitative estimate of drug-likeness (QED) is 0.727. The molecule has 0 aromatic carbocycles. The summed E-state index contributed by atoms with van der Waals surface area (Å²) in [7, 11) is 0. The molecule has 0 aromatic rings. The van der Waals surface area contributed by atoms with Crippen LogP contribution in [0.4, 0.5) is 0 Å². The third-order valence-corrected chi connectivity index (χ3v) is 7.19. The molecule has 4 atom stereocenters. The van der Waals surface area contributed by atoms with E-state index < -0.39 is 6.10 Å². The fourth-order valence-corrected chi connectivity index (χ4v) is 5.50. The van der Waals surface area contributed by atoms with Gasteiger partial charge in [0.2, 0.25) is 0 Å². The van der Waals surface area contributed by atoms with Crippen molar-refractivity contribution in [3.63, 3.8) is 0 Å². The van der Waals surface area contributed by atoms with E-state index in [1.165, 1.54) is 18.4 Å². The van der Waals surface area contributed by atoms with Crippen LogP contribution in [0, 0.1) is 22.2 Å². The Labute approximate surface area is 134 Å². The lowest BCUT2D eigenvalue weighted by Crippen LogP contribution is -2.51. The number of carbonyl (C=O) groups excluding carboxylic acids is 1. The van der Waals surface area contributed by atoms with E-state index >= 15 is 0 Å². The Bertz CT molecular complexity index is 556. The van der Waals surface area contributed by atoms with Crippen molar-refractivity contribution in [1.29, 1.82) is 0 Å². The lowest BCUT2D eigenvalue weighted by atomic mass is 9.47. The zero-order valence-corrected chi connectivity index (χ0v) is 14.5. The Morgan fingerprint density at radius 1 is 1.18 bits per heavy atom. The number of ketones is 1. The molecule has 2 heteroatoms. The minimum Gasteiger partial charge on any atom is -0.392 e. The first-order chi connectivity index (χ1) is 10.1. The molecule has 1 N–H and O–H groups in total. The zero-order chi connectivity index (χ0) is 16.3. The summed E-state index contributed by atoms with van der Waals surface area (Å²) in [6.07, 6.45) is 7.00. The lowest BCUT2D eigenvalue weighted by molar-refractivity contribution is -0.123. The molecule has 0 radical (unpaired) electrons. The van der Waals surface area contributed by atoms with Crippen LogP contribution >= 0.6 is 0 Å². The molecule has 0 saturated heterocycles. The van der Waals surface area contributed by atoms with E-state index in [-0.39, 0.29) is 16.2 Å². The van der Waals surface area contributed by atoms with Crippen LogP contribution in [0.3, 0.4) is 0 Å². The predicted molar refractivity (Wildman–Crippen MR) is 89.4 cm³/mol. The third-order valence-electron chi connectivity index (χ3n) is 7.19. The molecule has 0 spiro atoms. The van der Waals surface area contributed by atoms with Crippen molar-refractivity contribution in [2.24, 2.45) is 22.2 Å². The number of aliphatic hydroxyl groups excluding tert-OH is 1. The Kier molecular flexibility index (Phi) is 3.49. The molecule has 3 rings (SSSR count). The van der Waals surface area contributed by atoms with Gasteiger partial charge in [-0.3, -0.25) is 4.79 Å². The van der Waals surface area contributed by atoms with Gasteiger partial charge in [-0.2, -0.15) is 0 Å². The van der Waals surface area contributed by atoms with Crippen LogP contribution in [0.15, 0.2) is 23.8 Å². The van der Waals surface area contributed by atoms with Crippen LogP contribution in [0.5, 0.6) is 0 Å². The molecule has 0 aromatic heterocycles. The van der Waals surface area contributed by atoms with E-state index in [0.717, 1.165) is 12.0 Å². The zero-order valence-electron chi connectivity index (χ0n) is 14.5. The molecular formula is C20H30O2. The first-order valence-corrected chi connectivity index (χ1v) is 8.71. The van der Waals surface area contributed by atoms with Crippen LogP contribution in [0.1, 0.15) is 66.2 Å². The maximum absolute atomic E-state index is 12.8. The van der Waals surface area contributed by atoms with Crippen molar-refractivity contribution >= 4 is 5.78 Å². The van der Waals surface area contributed by atoms with Crippen LogP contribution in [-0.2, 0) is 4.79 Å². The molecule has 0 aliphatic heterocycles. The number of fused-ring (bicyclic) bond motifs is 2. The summed E-state index contributed by atoms with van der Waals surface area (Å²) in [5, 5.41) is 10.7. The van der Waals surface area contributed by atoms with E-state index in [4.69, 9.17) is 0 Å². The van der Waals surface area contributed by atoms with E-state index in [1.807, 2.05) is 13.0 Å². The molecule has 0 bridgehead atoms. The number of allylic oxidation sites excluding steroid dienone is 1. The van der Waals surface area contributed by atoms with Crippen LogP contribution in [-0.4, -0.2) is 17.0 Å². The highest BCUT2D eigenvalue weighted by molar-refractivity contribution is 5.98. The standard InChI is InChI=1S/C20H30O2/c1-6-19(4)12-13-14(10-17(19)22)20(5)9-7-8-18(2,3)16(20)11-15(13)21/h6,16-17,22H,1,7-12H2,2-5H3/t16-,17+,19-,20+/m0/s1. The first-order valence-electron chi connectivity index (χ1n) is 8.71. The maximum Gasteiger partial charge on any atom is 0.159 e. The number of hydrogen-bond donors (Lipinski definition) is 1. The monoisotopic (exact) mass is 302 g/mol. The normalized spacial score (nSPS) is 44.3. The second-order valence-electron chi connectivity index (χ2n) is 9.00. The van der Waals surface area contributed by atoms with Crippen molar-refractivity contribution in [3.8, 4) is 0 Å². The Morgan fingerprint density at radius 2 is 1.86 bits per heavy atom. The summed E-state index contributed by atoms with van der Waals surface area (Å²) in [6.45, 7) is 12.9. The third kappa shape index (κ3) is 2.06. The summed E-state index contributed by atoms with van der Waals surface area (Å²) in [4.78, 5) is 12.8. The van der Waals surface area contributed by atoms with Gasteiger partial charge in [0, 0.05) is 11.8 Å². The van der Waals surface area contributed by atoms with Gasteiger partial charge in [-0.1, -0.05) is 45.8 Å².